The molecule has 0 fully saturated rings. The molecule has 9 heteroatoms. The van der Waals surface area contributed by atoms with Gasteiger partial charge in [-0.05, 0) is 18.2 Å². The van der Waals surface area contributed by atoms with E-state index < -0.39 is 14.9 Å². The van der Waals surface area contributed by atoms with Crippen LogP contribution in [-0.2, 0) is 16.6 Å². The molecule has 0 aliphatic carbocycles. The molecule has 8 nitrogen and oxygen atoms in total. The Bertz CT molecular complexity index is 759. The zero-order chi connectivity index (χ0) is 15.5. The summed E-state index contributed by atoms with van der Waals surface area (Å²) in [6.07, 6.45) is 1.44. The molecule has 0 saturated carbocycles. The molecule has 0 saturated heterocycles. The highest BCUT2D eigenvalue weighted by Gasteiger charge is 2.17. The number of nitrogens with zero attached hydrogens (tertiary/aromatic N) is 2. The average molecular weight is 308 g/mol. The second-order valence-corrected chi connectivity index (χ2v) is 5.75. The molecule has 0 amide bonds. The third-order valence-electron chi connectivity index (χ3n) is 2.70. The number of pyridine rings is 1. The number of nitro benzene ring substituents is 1. The molecule has 110 valence electrons. The van der Waals surface area contributed by atoms with E-state index in [2.05, 4.69) is 9.71 Å². The SMILES string of the molecule is NCc1cccnc1NS(=O)(=O)c1ccc([N+](=O)[O-])cc1. The number of nitrogens with one attached hydrogen (secondary N) is 1. The molecule has 1 aromatic carbocycles. The van der Waals surface area contributed by atoms with Crippen LogP contribution in [0.1, 0.15) is 5.56 Å². The van der Waals surface area contributed by atoms with Crippen LogP contribution in [-0.4, -0.2) is 18.3 Å². The van der Waals surface area contributed by atoms with E-state index >= 15 is 0 Å². The number of rotatable bonds is 5. The van der Waals surface area contributed by atoms with Gasteiger partial charge in [0.2, 0.25) is 0 Å². The molecule has 0 atom stereocenters. The fourth-order valence-corrected chi connectivity index (χ4v) is 2.68. The summed E-state index contributed by atoms with van der Waals surface area (Å²) in [5.41, 5.74) is 5.87. The minimum atomic E-state index is -3.88. The van der Waals surface area contributed by atoms with Gasteiger partial charge in [0.15, 0.2) is 0 Å². The number of aromatic nitrogens is 1. The lowest BCUT2D eigenvalue weighted by atomic mass is 10.3. The summed E-state index contributed by atoms with van der Waals surface area (Å²) >= 11 is 0. The molecule has 0 radical (unpaired) electrons. The van der Waals surface area contributed by atoms with E-state index in [1.54, 1.807) is 12.1 Å². The highest BCUT2D eigenvalue weighted by Crippen LogP contribution is 2.19. The molecule has 1 aromatic heterocycles. The van der Waals surface area contributed by atoms with Crippen molar-refractivity contribution in [2.75, 3.05) is 4.72 Å². The van der Waals surface area contributed by atoms with Crippen molar-refractivity contribution < 1.29 is 13.3 Å². The lowest BCUT2D eigenvalue weighted by Gasteiger charge is -2.10. The molecular weight excluding hydrogens is 296 g/mol. The number of sulfonamides is 1. The quantitative estimate of drug-likeness (QED) is 0.632. The smallest absolute Gasteiger partial charge is 0.269 e. The van der Waals surface area contributed by atoms with Crippen LogP contribution in [0.15, 0.2) is 47.5 Å². The molecular formula is C12H12N4O4S. The molecule has 0 unspecified atom stereocenters. The fraction of sp³-hybridized carbons (Fsp3) is 0.0833. The highest BCUT2D eigenvalue weighted by atomic mass is 32.2. The second kappa shape index (κ2) is 5.85. The number of nitro groups is 1. The first-order chi connectivity index (χ1) is 9.94. The lowest BCUT2D eigenvalue weighted by molar-refractivity contribution is -0.384. The van der Waals surface area contributed by atoms with Crippen LogP contribution < -0.4 is 10.5 Å². The monoisotopic (exact) mass is 308 g/mol. The fourth-order valence-electron chi connectivity index (χ4n) is 1.63. The molecule has 21 heavy (non-hydrogen) atoms. The van der Waals surface area contributed by atoms with Crippen molar-refractivity contribution in [2.45, 2.75) is 11.4 Å². The van der Waals surface area contributed by atoms with Gasteiger partial charge in [0, 0.05) is 30.4 Å². The summed E-state index contributed by atoms with van der Waals surface area (Å²) < 4.78 is 26.7. The van der Waals surface area contributed by atoms with Crippen LogP contribution in [0, 0.1) is 10.1 Å². The minimum Gasteiger partial charge on any atom is -0.326 e. The number of hydrogen-bond donors (Lipinski definition) is 2. The van der Waals surface area contributed by atoms with Crippen molar-refractivity contribution in [1.29, 1.82) is 0 Å². The summed E-state index contributed by atoms with van der Waals surface area (Å²) in [6.45, 7) is 0.131. The number of non-ortho nitro benzene ring substituents is 1. The van der Waals surface area contributed by atoms with E-state index in [1.165, 1.54) is 6.20 Å². The van der Waals surface area contributed by atoms with Crippen molar-refractivity contribution in [3.8, 4) is 0 Å². The largest absolute Gasteiger partial charge is 0.326 e. The van der Waals surface area contributed by atoms with Crippen LogP contribution in [0.4, 0.5) is 11.5 Å². The Hall–Kier alpha value is -2.52. The maximum atomic E-state index is 12.2. The van der Waals surface area contributed by atoms with E-state index in [9.17, 15) is 18.5 Å². The van der Waals surface area contributed by atoms with Gasteiger partial charge in [-0.1, -0.05) is 6.07 Å². The van der Waals surface area contributed by atoms with E-state index in [1.807, 2.05) is 0 Å². The number of benzene rings is 1. The number of hydrogen-bond acceptors (Lipinski definition) is 6. The molecule has 2 rings (SSSR count). The van der Waals surface area contributed by atoms with Crippen LogP contribution in [0.3, 0.4) is 0 Å². The van der Waals surface area contributed by atoms with Crippen molar-refractivity contribution in [3.05, 3.63) is 58.3 Å². The van der Waals surface area contributed by atoms with Gasteiger partial charge >= 0.3 is 0 Å². The summed E-state index contributed by atoms with van der Waals surface area (Å²) in [6, 6.07) is 7.86. The average Bonchev–Trinajstić information content (AvgIpc) is 2.47. The van der Waals surface area contributed by atoms with Crippen LogP contribution in [0.2, 0.25) is 0 Å². The molecule has 0 bridgehead atoms. The van der Waals surface area contributed by atoms with Gasteiger partial charge in [-0.15, -0.1) is 0 Å². The normalized spacial score (nSPS) is 11.1. The Kier molecular flexibility index (Phi) is 4.15. The Labute approximate surface area is 120 Å². The first kappa shape index (κ1) is 14.9. The second-order valence-electron chi connectivity index (χ2n) is 4.07. The third kappa shape index (κ3) is 3.33. The predicted octanol–water partition coefficient (Wildman–Crippen LogP) is 1.25. The van der Waals surface area contributed by atoms with Gasteiger partial charge in [-0.25, -0.2) is 13.4 Å². The van der Waals surface area contributed by atoms with E-state index in [0.29, 0.717) is 5.56 Å². The van der Waals surface area contributed by atoms with Gasteiger partial charge in [0.1, 0.15) is 5.82 Å². The third-order valence-corrected chi connectivity index (χ3v) is 4.05. The van der Waals surface area contributed by atoms with Crippen molar-refractivity contribution in [1.82, 2.24) is 4.98 Å². The maximum Gasteiger partial charge on any atom is 0.269 e. The van der Waals surface area contributed by atoms with Gasteiger partial charge < -0.3 is 5.73 Å². The lowest BCUT2D eigenvalue weighted by Crippen LogP contribution is -2.16. The molecule has 1 heterocycles. The van der Waals surface area contributed by atoms with E-state index in [0.717, 1.165) is 24.3 Å². The molecule has 2 aromatic rings. The Morgan fingerprint density at radius 1 is 1.24 bits per heavy atom. The van der Waals surface area contributed by atoms with Crippen molar-refractivity contribution >= 4 is 21.5 Å². The highest BCUT2D eigenvalue weighted by molar-refractivity contribution is 7.92. The van der Waals surface area contributed by atoms with E-state index in [-0.39, 0.29) is 22.9 Å². The van der Waals surface area contributed by atoms with Gasteiger partial charge in [-0.2, -0.15) is 0 Å². The van der Waals surface area contributed by atoms with Gasteiger partial charge in [0.25, 0.3) is 15.7 Å². The Balaban J connectivity index is 2.32. The zero-order valence-corrected chi connectivity index (χ0v) is 11.6. The first-order valence-electron chi connectivity index (χ1n) is 5.85. The van der Waals surface area contributed by atoms with Gasteiger partial charge in [-0.3, -0.25) is 14.8 Å². The molecule has 0 aliphatic rings. The number of anilines is 1. The summed E-state index contributed by atoms with van der Waals surface area (Å²) in [5.74, 6) is 0.137. The Morgan fingerprint density at radius 2 is 1.90 bits per heavy atom. The van der Waals surface area contributed by atoms with Crippen LogP contribution in [0.25, 0.3) is 0 Å². The van der Waals surface area contributed by atoms with E-state index in [4.69, 9.17) is 5.73 Å². The topological polar surface area (TPSA) is 128 Å². The zero-order valence-electron chi connectivity index (χ0n) is 10.8. The van der Waals surface area contributed by atoms with Gasteiger partial charge in [0.05, 0.1) is 9.82 Å². The molecule has 0 spiro atoms. The molecule has 0 aliphatic heterocycles. The summed E-state index contributed by atoms with van der Waals surface area (Å²) in [4.78, 5) is 13.8. The minimum absolute atomic E-state index is 0.0956. The number of nitrogens with two attached hydrogens (primary N) is 1. The first-order valence-corrected chi connectivity index (χ1v) is 7.33. The summed E-state index contributed by atoms with van der Waals surface area (Å²) in [5, 5.41) is 10.6. The Morgan fingerprint density at radius 3 is 2.48 bits per heavy atom. The summed E-state index contributed by atoms with van der Waals surface area (Å²) in [7, 11) is -3.88. The standard InChI is InChI=1S/C12H12N4O4S/c13-8-9-2-1-7-14-12(9)15-21(19,20)11-5-3-10(4-6-11)16(17)18/h1-7H,8,13H2,(H,14,15). The molecule has 3 N–H and O–H groups in total. The van der Waals surface area contributed by atoms with Crippen molar-refractivity contribution in [2.24, 2.45) is 5.73 Å². The maximum absolute atomic E-state index is 12.2. The van der Waals surface area contributed by atoms with Crippen LogP contribution in [0.5, 0.6) is 0 Å². The predicted molar refractivity (Wildman–Crippen MR) is 76.0 cm³/mol. The van der Waals surface area contributed by atoms with Crippen molar-refractivity contribution in [3.63, 3.8) is 0 Å². The van der Waals surface area contributed by atoms with Crippen LogP contribution >= 0.6 is 0 Å².